The zero-order valence-corrected chi connectivity index (χ0v) is 9.59. The number of rotatable bonds is 4. The second-order valence-corrected chi connectivity index (χ2v) is 11.3. The molecule has 0 heterocycles. The fourth-order valence-corrected chi connectivity index (χ4v) is 3.90. The van der Waals surface area contributed by atoms with Crippen LogP contribution in [-0.2, 0) is 0 Å². The van der Waals surface area contributed by atoms with E-state index in [4.69, 9.17) is 0 Å². The molecule has 0 aliphatic rings. The van der Waals surface area contributed by atoms with Gasteiger partial charge in [0.05, 0.1) is 0 Å². The fourth-order valence-electron chi connectivity index (χ4n) is 0.859. The largest absolute Gasteiger partial charge is 0.188 e. The van der Waals surface area contributed by atoms with Crippen molar-refractivity contribution in [3.05, 3.63) is 0 Å². The van der Waals surface area contributed by atoms with Gasteiger partial charge in [0.15, 0.2) is 0 Å². The topological polar surface area (TPSA) is 0 Å². The maximum atomic E-state index is 2.69. The fraction of sp³-hybridized carbons (Fsp3) is 1.00. The zero-order valence-electron chi connectivity index (χ0n) is 6.61. The Morgan fingerprint density at radius 1 is 1.11 bits per heavy atom. The maximum Gasteiger partial charge on any atom is -0.0146 e. The maximum absolute atomic E-state index is 2.69. The van der Waals surface area contributed by atoms with Crippen molar-refractivity contribution < 1.29 is 0 Å². The standard InChI is InChI=1S/C7H17IS/c1-4-7-9(8,5-2)6-3/h4-7H2,1-3H3. The Balaban J connectivity index is 3.62. The van der Waals surface area contributed by atoms with E-state index in [-0.39, 0.29) is 7.20 Å². The summed E-state index contributed by atoms with van der Waals surface area (Å²) in [4.78, 5) is 0. The normalized spacial score (nSPS) is 13.8. The second kappa shape index (κ2) is 4.83. The third-order valence-electron chi connectivity index (χ3n) is 1.60. The molecule has 2 heteroatoms. The van der Waals surface area contributed by atoms with Gasteiger partial charge in [0.25, 0.3) is 0 Å². The lowest BCUT2D eigenvalue weighted by molar-refractivity contribution is 1.09. The first-order valence-corrected chi connectivity index (χ1v) is 8.32. The van der Waals surface area contributed by atoms with E-state index in [2.05, 4.69) is 42.0 Å². The Bertz CT molecular complexity index is 69.3. The second-order valence-electron chi connectivity index (χ2n) is 2.22. The molecule has 0 atom stereocenters. The average molecular weight is 260 g/mol. The van der Waals surface area contributed by atoms with Gasteiger partial charge in [-0.3, -0.25) is 0 Å². The van der Waals surface area contributed by atoms with Crippen LogP contribution in [0.5, 0.6) is 0 Å². The monoisotopic (exact) mass is 260 g/mol. The Morgan fingerprint density at radius 2 is 1.56 bits per heavy atom. The van der Waals surface area contributed by atoms with Crippen LogP contribution >= 0.6 is 28.4 Å². The van der Waals surface area contributed by atoms with Crippen molar-refractivity contribution in [3.8, 4) is 0 Å². The number of halogens is 1. The van der Waals surface area contributed by atoms with E-state index >= 15 is 0 Å². The van der Waals surface area contributed by atoms with Crippen LogP contribution in [0.3, 0.4) is 0 Å². The van der Waals surface area contributed by atoms with Crippen molar-refractivity contribution in [2.24, 2.45) is 0 Å². The van der Waals surface area contributed by atoms with Gasteiger partial charge in [-0.2, -0.15) is 7.20 Å². The molecule has 0 amide bonds. The number of hydrogen-bond acceptors (Lipinski definition) is 0. The molecule has 0 aromatic rings. The zero-order chi connectivity index (χ0) is 7.33. The molecule has 0 rings (SSSR count). The minimum atomic E-state index is -0.195. The summed E-state index contributed by atoms with van der Waals surface area (Å²) in [6, 6.07) is 0. The lowest BCUT2D eigenvalue weighted by Crippen LogP contribution is -2.01. The summed E-state index contributed by atoms with van der Waals surface area (Å²) in [5.74, 6) is 4.26. The molecule has 0 aliphatic heterocycles. The van der Waals surface area contributed by atoms with Crippen LogP contribution in [0.4, 0.5) is 0 Å². The van der Waals surface area contributed by atoms with Gasteiger partial charge in [-0.25, -0.2) is 0 Å². The Kier molecular flexibility index (Phi) is 5.41. The van der Waals surface area contributed by atoms with Crippen LogP contribution in [0.1, 0.15) is 27.2 Å². The first-order chi connectivity index (χ1) is 4.18. The molecule has 0 saturated heterocycles. The minimum Gasteiger partial charge on any atom is -0.188 e. The number of hydrogen-bond donors (Lipinski definition) is 0. The van der Waals surface area contributed by atoms with Gasteiger partial charge in [-0.05, 0) is 44.9 Å². The van der Waals surface area contributed by atoms with E-state index in [0.717, 1.165) is 0 Å². The SMILES string of the molecule is CCCS(I)(CC)CC. The van der Waals surface area contributed by atoms with Crippen molar-refractivity contribution in [1.29, 1.82) is 0 Å². The van der Waals surface area contributed by atoms with E-state index in [0.29, 0.717) is 0 Å². The van der Waals surface area contributed by atoms with E-state index in [1.54, 1.807) is 0 Å². The molecule has 0 spiro atoms. The Labute approximate surface area is 72.7 Å². The Hall–Kier alpha value is 1.08. The third-order valence-corrected chi connectivity index (χ3v) is 9.87. The van der Waals surface area contributed by atoms with Gasteiger partial charge in [0, 0.05) is 0 Å². The van der Waals surface area contributed by atoms with Crippen molar-refractivity contribution in [2.75, 3.05) is 17.3 Å². The van der Waals surface area contributed by atoms with Gasteiger partial charge >= 0.3 is 0 Å². The van der Waals surface area contributed by atoms with E-state index in [1.807, 2.05) is 0 Å². The van der Waals surface area contributed by atoms with Gasteiger partial charge in [0.2, 0.25) is 0 Å². The summed E-state index contributed by atoms with van der Waals surface area (Å²) in [5.41, 5.74) is 0. The summed E-state index contributed by atoms with van der Waals surface area (Å²) >= 11 is 2.69. The summed E-state index contributed by atoms with van der Waals surface area (Å²) < 4.78 is 0. The predicted octanol–water partition coefficient (Wildman–Crippen LogP) is 3.59. The molecule has 0 N–H and O–H groups in total. The van der Waals surface area contributed by atoms with Crippen molar-refractivity contribution in [1.82, 2.24) is 0 Å². The van der Waals surface area contributed by atoms with Gasteiger partial charge in [-0.15, -0.1) is 0 Å². The average Bonchev–Trinajstić information content (AvgIpc) is 1.89. The summed E-state index contributed by atoms with van der Waals surface area (Å²) in [6.07, 6.45) is 1.36. The highest BCUT2D eigenvalue weighted by Crippen LogP contribution is 2.55. The van der Waals surface area contributed by atoms with Crippen LogP contribution in [0.25, 0.3) is 0 Å². The molecular weight excluding hydrogens is 243 g/mol. The van der Waals surface area contributed by atoms with E-state index in [1.165, 1.54) is 23.7 Å². The van der Waals surface area contributed by atoms with Crippen LogP contribution in [0.2, 0.25) is 0 Å². The summed E-state index contributed by atoms with van der Waals surface area (Å²) in [6.45, 7) is 6.92. The lowest BCUT2D eigenvalue weighted by atomic mass is 10.6. The highest BCUT2D eigenvalue weighted by atomic mass is 127. The minimum absolute atomic E-state index is 0.195. The molecule has 0 bridgehead atoms. The molecular formula is C7H17IS. The first-order valence-electron chi connectivity index (χ1n) is 3.64. The van der Waals surface area contributed by atoms with Gasteiger partial charge in [-0.1, -0.05) is 20.8 Å². The molecule has 0 fully saturated rings. The summed E-state index contributed by atoms with van der Waals surface area (Å²) in [7, 11) is -0.195. The van der Waals surface area contributed by atoms with Gasteiger partial charge in [0.1, 0.15) is 0 Å². The van der Waals surface area contributed by atoms with Crippen LogP contribution in [0.15, 0.2) is 0 Å². The molecule has 0 aromatic carbocycles. The van der Waals surface area contributed by atoms with E-state index < -0.39 is 0 Å². The third kappa shape index (κ3) is 3.71. The van der Waals surface area contributed by atoms with Crippen molar-refractivity contribution in [3.63, 3.8) is 0 Å². The predicted molar refractivity (Wildman–Crippen MR) is 57.9 cm³/mol. The lowest BCUT2D eigenvalue weighted by Gasteiger charge is -2.30. The molecule has 0 radical (unpaired) electrons. The quantitative estimate of drug-likeness (QED) is 0.677. The van der Waals surface area contributed by atoms with Gasteiger partial charge < -0.3 is 0 Å². The van der Waals surface area contributed by atoms with Crippen molar-refractivity contribution >= 4 is 28.4 Å². The smallest absolute Gasteiger partial charge is 0.0146 e. The van der Waals surface area contributed by atoms with Crippen LogP contribution < -0.4 is 0 Å². The highest BCUT2D eigenvalue weighted by molar-refractivity contribution is 14.2. The van der Waals surface area contributed by atoms with E-state index in [9.17, 15) is 0 Å². The molecule has 0 nitrogen and oxygen atoms in total. The first kappa shape index (κ1) is 10.1. The highest BCUT2D eigenvalue weighted by Gasteiger charge is 2.12. The molecule has 0 aliphatic carbocycles. The van der Waals surface area contributed by atoms with Crippen LogP contribution in [-0.4, -0.2) is 17.3 Å². The van der Waals surface area contributed by atoms with Crippen LogP contribution in [0, 0.1) is 0 Å². The molecule has 9 heavy (non-hydrogen) atoms. The molecule has 0 saturated carbocycles. The molecule has 58 valence electrons. The molecule has 0 unspecified atom stereocenters. The summed E-state index contributed by atoms with van der Waals surface area (Å²) in [5, 5.41) is 0. The Morgan fingerprint density at radius 3 is 1.67 bits per heavy atom. The molecule has 0 aromatic heterocycles. The van der Waals surface area contributed by atoms with Crippen molar-refractivity contribution in [2.45, 2.75) is 27.2 Å².